The van der Waals surface area contributed by atoms with E-state index in [0.29, 0.717) is 45.5 Å². The number of nitrogens with one attached hydrogen (secondary N) is 1. The number of carbonyl (C=O) groups is 1. The Labute approximate surface area is 187 Å². The van der Waals surface area contributed by atoms with Gasteiger partial charge < -0.3 is 19.9 Å². The second-order valence-electron chi connectivity index (χ2n) is 7.29. The van der Waals surface area contributed by atoms with Crippen LogP contribution >= 0.6 is 11.6 Å². The van der Waals surface area contributed by atoms with Crippen molar-refractivity contribution in [2.75, 3.05) is 25.6 Å². The number of anilines is 1. The second-order valence-corrected chi connectivity index (χ2v) is 7.72. The van der Waals surface area contributed by atoms with Crippen LogP contribution in [0.3, 0.4) is 0 Å². The molecular weight excluding hydrogens is 436 g/mol. The second kappa shape index (κ2) is 8.23. The summed E-state index contributed by atoms with van der Waals surface area (Å²) in [7, 11) is 1.53. The molecule has 2 atom stereocenters. The van der Waals surface area contributed by atoms with Crippen LogP contribution in [0.5, 0.6) is 5.75 Å². The van der Waals surface area contributed by atoms with Gasteiger partial charge in [-0.15, -0.1) is 0 Å². The zero-order valence-electron chi connectivity index (χ0n) is 17.0. The van der Waals surface area contributed by atoms with Gasteiger partial charge in [-0.2, -0.15) is 10.2 Å². The average molecular weight is 455 g/mol. The van der Waals surface area contributed by atoms with Crippen LogP contribution in [0.25, 0.3) is 16.9 Å². The first kappa shape index (κ1) is 20.4. The fourth-order valence-electron chi connectivity index (χ4n) is 3.67. The summed E-state index contributed by atoms with van der Waals surface area (Å²) in [5, 5.41) is 22.5. The number of methoxy groups -OCH3 is 1. The first-order valence-corrected chi connectivity index (χ1v) is 10.2. The van der Waals surface area contributed by atoms with Gasteiger partial charge in [-0.3, -0.25) is 9.48 Å². The van der Waals surface area contributed by atoms with Gasteiger partial charge in [-0.05, 0) is 24.3 Å². The molecule has 0 spiro atoms. The van der Waals surface area contributed by atoms with E-state index in [1.54, 1.807) is 47.5 Å². The number of rotatable bonds is 5. The molecule has 2 N–H and O–H groups in total. The number of aliphatic hydroxyl groups excluding tert-OH is 1. The quantitative estimate of drug-likeness (QED) is 0.475. The summed E-state index contributed by atoms with van der Waals surface area (Å²) in [6.45, 7) is 0.533. The number of carbonyl (C=O) groups excluding carboxylic acids is 1. The lowest BCUT2D eigenvalue weighted by Crippen LogP contribution is -2.22. The highest BCUT2D eigenvalue weighted by Crippen LogP contribution is 2.37. The van der Waals surface area contributed by atoms with Gasteiger partial charge in [-0.1, -0.05) is 11.6 Å². The predicted molar refractivity (Wildman–Crippen MR) is 116 cm³/mol. The van der Waals surface area contributed by atoms with Crippen molar-refractivity contribution in [1.29, 1.82) is 0 Å². The van der Waals surface area contributed by atoms with Crippen LogP contribution in [0.4, 0.5) is 5.69 Å². The molecule has 1 fully saturated rings. The van der Waals surface area contributed by atoms with Crippen molar-refractivity contribution in [3.63, 3.8) is 0 Å². The maximum absolute atomic E-state index is 13.1. The largest absolute Gasteiger partial charge is 0.496 e. The Morgan fingerprint density at radius 3 is 3.03 bits per heavy atom. The molecule has 3 aromatic heterocycles. The lowest BCUT2D eigenvalue weighted by Gasteiger charge is -2.12. The van der Waals surface area contributed by atoms with Crippen molar-refractivity contribution in [3.8, 4) is 17.0 Å². The highest BCUT2D eigenvalue weighted by molar-refractivity contribution is 6.30. The Kier molecular flexibility index (Phi) is 5.25. The SMILES string of the molecule is COc1cc(Cl)ccc1-c1nn([C@@H]2COC[C@H]2O)cc1NC(=O)c1cnn2cccnc12. The molecule has 1 aliphatic heterocycles. The van der Waals surface area contributed by atoms with E-state index in [1.807, 2.05) is 0 Å². The predicted octanol–water partition coefficient (Wildman–Crippen LogP) is 2.44. The fraction of sp³-hybridized carbons (Fsp3) is 0.238. The maximum Gasteiger partial charge on any atom is 0.261 e. The molecule has 4 heterocycles. The van der Waals surface area contributed by atoms with Crippen molar-refractivity contribution in [1.82, 2.24) is 24.4 Å². The normalized spacial score (nSPS) is 18.2. The molecule has 1 aliphatic rings. The lowest BCUT2D eigenvalue weighted by molar-refractivity contribution is 0.102. The van der Waals surface area contributed by atoms with E-state index in [1.165, 1.54) is 17.8 Å². The lowest BCUT2D eigenvalue weighted by atomic mass is 10.1. The standard InChI is InChI=1S/C21H19ClN6O4/c1-31-18-7-12(22)3-4-13(18)19-15(9-28(26-19)16-10-32-11-17(16)29)25-21(30)14-8-24-27-6-2-5-23-20(14)27/h2-9,16-17,29H,10-11H2,1H3,(H,25,30)/t16-,17-/m1/s1. The third-order valence-electron chi connectivity index (χ3n) is 5.28. The molecule has 5 rings (SSSR count). The van der Waals surface area contributed by atoms with Crippen molar-refractivity contribution < 1.29 is 19.4 Å². The molecule has 11 heteroatoms. The van der Waals surface area contributed by atoms with E-state index in [9.17, 15) is 9.90 Å². The van der Waals surface area contributed by atoms with Crippen LogP contribution in [0.15, 0.2) is 49.1 Å². The van der Waals surface area contributed by atoms with E-state index in [4.69, 9.17) is 21.1 Å². The Hall–Kier alpha value is -3.47. The van der Waals surface area contributed by atoms with Gasteiger partial charge in [0.15, 0.2) is 5.65 Å². The molecule has 1 aromatic carbocycles. The highest BCUT2D eigenvalue weighted by Gasteiger charge is 2.30. The number of nitrogens with zero attached hydrogens (tertiary/aromatic N) is 5. The van der Waals surface area contributed by atoms with E-state index in [2.05, 4.69) is 20.5 Å². The van der Waals surface area contributed by atoms with Gasteiger partial charge in [0.2, 0.25) is 0 Å². The number of aromatic nitrogens is 5. The van der Waals surface area contributed by atoms with Gasteiger partial charge in [0.1, 0.15) is 29.2 Å². The highest BCUT2D eigenvalue weighted by atomic mass is 35.5. The Morgan fingerprint density at radius 2 is 2.25 bits per heavy atom. The molecule has 0 radical (unpaired) electrons. The minimum atomic E-state index is -0.706. The van der Waals surface area contributed by atoms with Crippen LogP contribution in [0.1, 0.15) is 16.4 Å². The monoisotopic (exact) mass is 454 g/mol. The Bertz CT molecular complexity index is 1300. The van der Waals surface area contributed by atoms with Crippen LogP contribution < -0.4 is 10.1 Å². The number of halogens is 1. The van der Waals surface area contributed by atoms with E-state index in [-0.39, 0.29) is 12.6 Å². The van der Waals surface area contributed by atoms with Crippen molar-refractivity contribution in [2.45, 2.75) is 12.1 Å². The van der Waals surface area contributed by atoms with Crippen LogP contribution in [0.2, 0.25) is 5.02 Å². The number of hydrogen-bond donors (Lipinski definition) is 2. The van der Waals surface area contributed by atoms with Crippen LogP contribution in [0, 0.1) is 0 Å². The topological polar surface area (TPSA) is 116 Å². The average Bonchev–Trinajstić information content (AvgIpc) is 3.51. The molecule has 32 heavy (non-hydrogen) atoms. The third-order valence-corrected chi connectivity index (χ3v) is 5.52. The van der Waals surface area contributed by atoms with Crippen LogP contribution in [-0.4, -0.2) is 61.8 Å². The number of benzene rings is 1. The summed E-state index contributed by atoms with van der Waals surface area (Å²) in [6.07, 6.45) is 5.73. The molecule has 0 saturated carbocycles. The first-order valence-electron chi connectivity index (χ1n) is 9.83. The molecule has 1 saturated heterocycles. The summed E-state index contributed by atoms with van der Waals surface area (Å²) >= 11 is 6.12. The van der Waals surface area contributed by atoms with E-state index < -0.39 is 12.0 Å². The molecule has 0 aliphatic carbocycles. The molecule has 10 nitrogen and oxygen atoms in total. The summed E-state index contributed by atoms with van der Waals surface area (Å²) < 4.78 is 14.0. The zero-order chi connectivity index (χ0) is 22.2. The first-order chi connectivity index (χ1) is 15.5. The minimum absolute atomic E-state index is 0.222. The van der Waals surface area contributed by atoms with Crippen LogP contribution in [-0.2, 0) is 4.74 Å². The van der Waals surface area contributed by atoms with Crippen molar-refractivity contribution >= 4 is 28.8 Å². The van der Waals surface area contributed by atoms with Crippen molar-refractivity contribution in [3.05, 3.63) is 59.6 Å². The minimum Gasteiger partial charge on any atom is -0.496 e. The molecule has 0 bridgehead atoms. The van der Waals surface area contributed by atoms with Gasteiger partial charge in [0.05, 0.1) is 32.2 Å². The number of ether oxygens (including phenoxy) is 2. The third kappa shape index (κ3) is 3.58. The Morgan fingerprint density at radius 1 is 1.38 bits per heavy atom. The van der Waals surface area contributed by atoms with E-state index in [0.717, 1.165) is 0 Å². The number of hydrogen-bond acceptors (Lipinski definition) is 7. The molecule has 1 amide bonds. The zero-order valence-corrected chi connectivity index (χ0v) is 17.7. The summed E-state index contributed by atoms with van der Waals surface area (Å²) in [5.74, 6) is 0.106. The van der Waals surface area contributed by atoms with Crippen molar-refractivity contribution in [2.24, 2.45) is 0 Å². The number of aliphatic hydroxyl groups is 1. The molecular formula is C21H19ClN6O4. The van der Waals surface area contributed by atoms with Gasteiger partial charge in [0, 0.05) is 29.2 Å². The summed E-state index contributed by atoms with van der Waals surface area (Å²) in [5.41, 5.74) is 2.29. The molecule has 0 unspecified atom stereocenters. The summed E-state index contributed by atoms with van der Waals surface area (Å²) in [4.78, 5) is 17.3. The summed E-state index contributed by atoms with van der Waals surface area (Å²) in [6, 6.07) is 6.50. The smallest absolute Gasteiger partial charge is 0.261 e. The molecule has 4 aromatic rings. The Balaban J connectivity index is 1.57. The van der Waals surface area contributed by atoms with Gasteiger partial charge in [-0.25, -0.2) is 9.50 Å². The van der Waals surface area contributed by atoms with E-state index >= 15 is 0 Å². The fourth-order valence-corrected chi connectivity index (χ4v) is 3.84. The number of fused-ring (bicyclic) bond motifs is 1. The molecule has 164 valence electrons. The van der Waals surface area contributed by atoms with Gasteiger partial charge in [0.25, 0.3) is 5.91 Å². The number of amides is 1. The maximum atomic E-state index is 13.1. The van der Waals surface area contributed by atoms with Gasteiger partial charge >= 0.3 is 0 Å².